The molecular weight excluding hydrogens is 330 g/mol. The van der Waals surface area contributed by atoms with Gasteiger partial charge in [0.1, 0.15) is 4.21 Å². The molecule has 5 nitrogen and oxygen atoms in total. The maximum absolute atomic E-state index is 11.9. The van der Waals surface area contributed by atoms with Crippen molar-refractivity contribution in [1.82, 2.24) is 14.3 Å². The topological polar surface area (TPSA) is 64.0 Å². The summed E-state index contributed by atoms with van der Waals surface area (Å²) >= 11 is 6.82. The Morgan fingerprint density at radius 2 is 2.05 bits per heavy atom. The summed E-state index contributed by atoms with van der Waals surface area (Å²) in [7, 11) is -3.40. The van der Waals surface area contributed by atoms with Gasteiger partial charge in [-0.25, -0.2) is 18.1 Å². The van der Waals surface area contributed by atoms with E-state index >= 15 is 0 Å². The van der Waals surface area contributed by atoms with Crippen LogP contribution in [-0.2, 0) is 16.6 Å². The van der Waals surface area contributed by atoms with Gasteiger partial charge in [-0.2, -0.15) is 0 Å². The molecular formula is C13H18ClN3O2S2. The van der Waals surface area contributed by atoms with E-state index in [0.29, 0.717) is 10.9 Å². The molecule has 0 bridgehead atoms. The van der Waals surface area contributed by atoms with E-state index in [1.54, 1.807) is 18.6 Å². The Kier molecular flexibility index (Phi) is 6.22. The van der Waals surface area contributed by atoms with Crippen LogP contribution in [0.15, 0.2) is 35.1 Å². The molecule has 0 amide bonds. The highest BCUT2D eigenvalue weighted by molar-refractivity contribution is 7.91. The van der Waals surface area contributed by atoms with Crippen LogP contribution in [0.3, 0.4) is 0 Å². The number of thiophene rings is 1. The maximum Gasteiger partial charge on any atom is 0.250 e. The fraction of sp³-hybridized carbons (Fsp3) is 0.462. The van der Waals surface area contributed by atoms with Crippen LogP contribution < -0.4 is 4.72 Å². The van der Waals surface area contributed by atoms with Crippen molar-refractivity contribution in [3.63, 3.8) is 0 Å². The fourth-order valence-electron chi connectivity index (χ4n) is 1.91. The number of sulfonamides is 1. The largest absolute Gasteiger partial charge is 0.337 e. The van der Waals surface area contributed by atoms with E-state index in [1.165, 1.54) is 6.07 Å². The lowest BCUT2D eigenvalue weighted by Crippen LogP contribution is -2.23. The molecule has 1 N–H and O–H groups in total. The van der Waals surface area contributed by atoms with Crippen LogP contribution in [0, 0.1) is 0 Å². The molecule has 2 rings (SSSR count). The molecule has 0 saturated heterocycles. The zero-order valence-corrected chi connectivity index (χ0v) is 13.9. The molecule has 8 heteroatoms. The molecule has 0 aliphatic heterocycles. The van der Waals surface area contributed by atoms with Crippen LogP contribution in [0.4, 0.5) is 0 Å². The third-order valence-corrected chi connectivity index (χ3v) is 6.19. The smallest absolute Gasteiger partial charge is 0.250 e. The first-order valence-corrected chi connectivity index (χ1v) is 9.46. The second kappa shape index (κ2) is 7.93. The Morgan fingerprint density at radius 3 is 2.71 bits per heavy atom. The maximum atomic E-state index is 11.9. The summed E-state index contributed by atoms with van der Waals surface area (Å²) in [6.07, 6.45) is 9.51. The van der Waals surface area contributed by atoms with Gasteiger partial charge in [-0.1, -0.05) is 24.4 Å². The van der Waals surface area contributed by atoms with Gasteiger partial charge in [0, 0.05) is 25.5 Å². The quantitative estimate of drug-likeness (QED) is 0.709. The minimum Gasteiger partial charge on any atom is -0.337 e. The van der Waals surface area contributed by atoms with E-state index in [4.69, 9.17) is 11.6 Å². The zero-order valence-electron chi connectivity index (χ0n) is 11.5. The van der Waals surface area contributed by atoms with Gasteiger partial charge >= 0.3 is 0 Å². The predicted molar refractivity (Wildman–Crippen MR) is 85.2 cm³/mol. The number of nitrogens with one attached hydrogen (secondary N) is 1. The molecule has 116 valence electrons. The van der Waals surface area contributed by atoms with Gasteiger partial charge in [0.2, 0.25) is 10.0 Å². The Hall–Kier alpha value is -0.890. The van der Waals surface area contributed by atoms with Gasteiger partial charge < -0.3 is 4.57 Å². The van der Waals surface area contributed by atoms with Crippen molar-refractivity contribution in [1.29, 1.82) is 0 Å². The lowest BCUT2D eigenvalue weighted by Gasteiger charge is -2.05. The summed E-state index contributed by atoms with van der Waals surface area (Å²) in [5.74, 6) is 0. The van der Waals surface area contributed by atoms with Crippen LogP contribution in [0.5, 0.6) is 0 Å². The minimum atomic E-state index is -3.40. The van der Waals surface area contributed by atoms with Gasteiger partial charge in [0.25, 0.3) is 0 Å². The SMILES string of the molecule is O=S(=O)(NCCCCCCn1ccnc1)c1ccc(Cl)s1. The summed E-state index contributed by atoms with van der Waals surface area (Å²) in [5, 5.41) is 0. The number of imidazole rings is 1. The average molecular weight is 348 g/mol. The molecule has 0 aromatic carbocycles. The van der Waals surface area contributed by atoms with Crippen molar-refractivity contribution >= 4 is 33.0 Å². The number of aryl methyl sites for hydroxylation is 1. The van der Waals surface area contributed by atoms with Gasteiger partial charge in [0.15, 0.2) is 0 Å². The summed E-state index contributed by atoms with van der Waals surface area (Å²) in [6.45, 7) is 1.42. The third-order valence-electron chi connectivity index (χ3n) is 3.01. The predicted octanol–water partition coefficient (Wildman–Crippen LogP) is 3.14. The minimum absolute atomic E-state index is 0.271. The van der Waals surface area contributed by atoms with Crippen LogP contribution in [0.2, 0.25) is 4.34 Å². The number of halogens is 1. The molecule has 0 aliphatic rings. The van der Waals surface area contributed by atoms with Gasteiger partial charge in [-0.3, -0.25) is 0 Å². The summed E-state index contributed by atoms with van der Waals surface area (Å²) in [4.78, 5) is 3.99. The first-order chi connectivity index (χ1) is 10.1. The zero-order chi connectivity index (χ0) is 15.1. The highest BCUT2D eigenvalue weighted by Gasteiger charge is 2.15. The number of unbranched alkanes of at least 4 members (excludes halogenated alkanes) is 3. The van der Waals surface area contributed by atoms with E-state index in [0.717, 1.165) is 43.6 Å². The number of aromatic nitrogens is 2. The van der Waals surface area contributed by atoms with Crippen molar-refractivity contribution in [2.24, 2.45) is 0 Å². The summed E-state index contributed by atoms with van der Waals surface area (Å²) in [5.41, 5.74) is 0. The Balaban J connectivity index is 1.59. The Bertz CT molecular complexity index is 638. The molecule has 0 radical (unpaired) electrons. The van der Waals surface area contributed by atoms with Crippen molar-refractivity contribution < 1.29 is 8.42 Å². The molecule has 2 aromatic rings. The number of hydrogen-bond donors (Lipinski definition) is 1. The van der Waals surface area contributed by atoms with E-state index in [-0.39, 0.29) is 4.21 Å². The normalized spacial score (nSPS) is 11.9. The van der Waals surface area contributed by atoms with E-state index in [9.17, 15) is 8.42 Å². The molecule has 2 heterocycles. The van der Waals surface area contributed by atoms with E-state index in [2.05, 4.69) is 9.71 Å². The van der Waals surface area contributed by atoms with Crippen LogP contribution >= 0.6 is 22.9 Å². The number of hydrogen-bond acceptors (Lipinski definition) is 4. The summed E-state index contributed by atoms with van der Waals surface area (Å²) < 4.78 is 29.2. The van der Waals surface area contributed by atoms with Crippen LogP contribution in [0.25, 0.3) is 0 Å². The molecule has 0 unspecified atom stereocenters. The Labute approximate surface area is 134 Å². The molecule has 0 fully saturated rings. The molecule has 0 aliphatic carbocycles. The van der Waals surface area contributed by atoms with Gasteiger partial charge in [-0.15, -0.1) is 11.3 Å². The number of nitrogens with zero attached hydrogens (tertiary/aromatic N) is 2. The van der Waals surface area contributed by atoms with E-state index in [1.807, 2.05) is 10.8 Å². The fourth-order valence-corrected chi connectivity index (χ4v) is 4.51. The Morgan fingerprint density at radius 1 is 1.24 bits per heavy atom. The standard InChI is InChI=1S/C13H18ClN3O2S2/c14-12-5-6-13(20-12)21(18,19)16-7-3-1-2-4-9-17-10-8-15-11-17/h5-6,8,10-11,16H,1-4,7,9H2. The lowest BCUT2D eigenvalue weighted by molar-refractivity contribution is 0.557. The molecule has 0 atom stereocenters. The first-order valence-electron chi connectivity index (χ1n) is 6.79. The highest BCUT2D eigenvalue weighted by Crippen LogP contribution is 2.25. The highest BCUT2D eigenvalue weighted by atomic mass is 35.5. The monoisotopic (exact) mass is 347 g/mol. The molecule has 21 heavy (non-hydrogen) atoms. The number of rotatable bonds is 9. The van der Waals surface area contributed by atoms with Crippen molar-refractivity contribution in [3.05, 3.63) is 35.2 Å². The third kappa shape index (κ3) is 5.43. The van der Waals surface area contributed by atoms with Crippen LogP contribution in [-0.4, -0.2) is 24.5 Å². The first kappa shape index (κ1) is 16.5. The molecule has 0 saturated carbocycles. The van der Waals surface area contributed by atoms with Crippen LogP contribution in [0.1, 0.15) is 25.7 Å². The second-order valence-corrected chi connectivity index (χ2v) is 8.38. The lowest BCUT2D eigenvalue weighted by atomic mass is 10.2. The van der Waals surface area contributed by atoms with Gasteiger partial charge in [-0.05, 0) is 25.0 Å². The van der Waals surface area contributed by atoms with E-state index < -0.39 is 10.0 Å². The van der Waals surface area contributed by atoms with Crippen molar-refractivity contribution in [2.75, 3.05) is 6.54 Å². The summed E-state index contributed by atoms with van der Waals surface area (Å²) in [6, 6.07) is 3.12. The second-order valence-electron chi connectivity index (χ2n) is 4.67. The molecule has 2 aromatic heterocycles. The van der Waals surface area contributed by atoms with Crippen molar-refractivity contribution in [3.8, 4) is 0 Å². The molecule has 0 spiro atoms. The average Bonchev–Trinajstić information content (AvgIpc) is 3.09. The van der Waals surface area contributed by atoms with Gasteiger partial charge in [0.05, 0.1) is 10.7 Å². The van der Waals surface area contributed by atoms with Crippen molar-refractivity contribution in [2.45, 2.75) is 36.4 Å².